The number of hydrogen-bond acceptors (Lipinski definition) is 1. The molecule has 1 nitrogen and oxygen atoms in total. The zero-order valence-corrected chi connectivity index (χ0v) is 35.0. The van der Waals surface area contributed by atoms with E-state index in [1.54, 1.807) is 0 Å². The second kappa shape index (κ2) is 14.9. The van der Waals surface area contributed by atoms with Crippen molar-refractivity contribution in [1.29, 1.82) is 0 Å². The van der Waals surface area contributed by atoms with E-state index >= 15 is 0 Å². The molecule has 0 aromatic heterocycles. The first kappa shape index (κ1) is 36.8. The van der Waals surface area contributed by atoms with Gasteiger partial charge in [-0.2, -0.15) is 0 Å². The van der Waals surface area contributed by atoms with Crippen LogP contribution in [-0.4, -0.2) is 0 Å². The van der Waals surface area contributed by atoms with Crippen LogP contribution in [0.3, 0.4) is 0 Å². The third-order valence-electron chi connectivity index (χ3n) is 13.5. The lowest BCUT2D eigenvalue weighted by atomic mass is 9.74. The van der Waals surface area contributed by atoms with Crippen molar-refractivity contribution in [2.24, 2.45) is 0 Å². The third kappa shape index (κ3) is 5.92. The number of hydrogen-bond donors (Lipinski definition) is 0. The van der Waals surface area contributed by atoms with Crippen LogP contribution in [0.1, 0.15) is 23.6 Å². The van der Waals surface area contributed by atoms with Crippen molar-refractivity contribution < 1.29 is 0 Å². The summed E-state index contributed by atoms with van der Waals surface area (Å²) in [4.78, 5) is 2.47. The van der Waals surface area contributed by atoms with Crippen LogP contribution in [-0.2, 0) is 5.41 Å². The van der Waals surface area contributed by atoms with Crippen LogP contribution in [0.5, 0.6) is 0 Å². The third-order valence-corrected chi connectivity index (χ3v) is 13.5. The number of rotatable bonds is 7. The maximum atomic E-state index is 2.47. The lowest BCUT2D eigenvalue weighted by molar-refractivity contribution is 0.714. The summed E-state index contributed by atoms with van der Waals surface area (Å²) in [5, 5.41) is 7.43. The van der Waals surface area contributed by atoms with Crippen molar-refractivity contribution in [2.75, 3.05) is 4.90 Å². The second-order valence-electron chi connectivity index (χ2n) is 16.9. The normalized spacial score (nSPS) is 14.2. The van der Waals surface area contributed by atoms with Crippen molar-refractivity contribution in [1.82, 2.24) is 0 Å². The smallest absolute Gasteiger partial charge is 0.0468 e. The fourth-order valence-electron chi connectivity index (χ4n) is 10.6. The predicted molar refractivity (Wildman–Crippen MR) is 267 cm³/mol. The minimum absolute atomic E-state index is 0.284. The van der Waals surface area contributed by atoms with Gasteiger partial charge in [-0.25, -0.2) is 0 Å². The molecule has 12 rings (SSSR count). The Bertz CT molecular complexity index is 3510. The van der Waals surface area contributed by atoms with Crippen molar-refractivity contribution >= 4 is 49.4 Å². The second-order valence-corrected chi connectivity index (χ2v) is 16.9. The molecule has 0 N–H and O–H groups in total. The van der Waals surface area contributed by atoms with E-state index in [1.165, 1.54) is 93.5 Å². The molecule has 1 unspecified atom stereocenters. The Morgan fingerprint density at radius 2 is 0.810 bits per heavy atom. The van der Waals surface area contributed by atoms with E-state index in [4.69, 9.17) is 0 Å². The molecule has 11 aromatic carbocycles. The fourth-order valence-corrected chi connectivity index (χ4v) is 10.6. The fraction of sp³-hybridized carbons (Fsp3) is 0.0323. The van der Waals surface area contributed by atoms with E-state index in [0.29, 0.717) is 0 Å². The van der Waals surface area contributed by atoms with Gasteiger partial charge in [0.05, 0.1) is 0 Å². The monoisotopic (exact) mass is 801 g/mol. The minimum Gasteiger partial charge on any atom is -0.310 e. The van der Waals surface area contributed by atoms with E-state index in [9.17, 15) is 0 Å². The Kier molecular flexibility index (Phi) is 8.69. The first-order valence-electron chi connectivity index (χ1n) is 21.9. The van der Waals surface area contributed by atoms with Crippen LogP contribution in [0.15, 0.2) is 243 Å². The summed E-state index contributed by atoms with van der Waals surface area (Å²) in [6.45, 7) is 2.39. The van der Waals surface area contributed by atoms with Gasteiger partial charge in [0.15, 0.2) is 0 Å². The first-order valence-corrected chi connectivity index (χ1v) is 21.9. The molecule has 11 aromatic rings. The van der Waals surface area contributed by atoms with Gasteiger partial charge in [0, 0.05) is 22.5 Å². The zero-order chi connectivity index (χ0) is 41.9. The van der Waals surface area contributed by atoms with Gasteiger partial charge in [-0.3, -0.25) is 0 Å². The minimum atomic E-state index is -0.284. The van der Waals surface area contributed by atoms with Gasteiger partial charge in [-0.15, -0.1) is 0 Å². The summed E-state index contributed by atoms with van der Waals surface area (Å²) < 4.78 is 0. The van der Waals surface area contributed by atoms with Crippen molar-refractivity contribution in [2.45, 2.75) is 12.3 Å². The summed E-state index contributed by atoms with van der Waals surface area (Å²) in [5.41, 5.74) is 16.8. The Hall–Kier alpha value is -8.00. The molecule has 0 heterocycles. The molecule has 63 heavy (non-hydrogen) atoms. The molecule has 1 atom stereocenters. The highest BCUT2D eigenvalue weighted by atomic mass is 15.1. The highest BCUT2D eigenvalue weighted by molar-refractivity contribution is 6.22. The average molecular weight is 802 g/mol. The molecular weight excluding hydrogens is 759 g/mol. The quantitative estimate of drug-likeness (QED) is 0.145. The molecule has 0 bridgehead atoms. The Balaban J connectivity index is 1.14. The number of nitrogens with zero attached hydrogens (tertiary/aromatic N) is 1. The van der Waals surface area contributed by atoms with Gasteiger partial charge in [0.1, 0.15) is 0 Å². The van der Waals surface area contributed by atoms with Crippen molar-refractivity contribution in [3.63, 3.8) is 0 Å². The van der Waals surface area contributed by atoms with E-state index in [0.717, 1.165) is 17.1 Å². The van der Waals surface area contributed by atoms with E-state index < -0.39 is 0 Å². The highest BCUT2D eigenvalue weighted by Gasteiger charge is 2.41. The van der Waals surface area contributed by atoms with Crippen LogP contribution in [0.4, 0.5) is 17.1 Å². The van der Waals surface area contributed by atoms with Gasteiger partial charge in [0.25, 0.3) is 0 Å². The maximum absolute atomic E-state index is 2.47. The largest absolute Gasteiger partial charge is 0.310 e. The van der Waals surface area contributed by atoms with Gasteiger partial charge < -0.3 is 4.90 Å². The van der Waals surface area contributed by atoms with E-state index in [2.05, 4.69) is 254 Å². The Labute approximate surface area is 368 Å². The number of benzene rings is 11. The first-order chi connectivity index (χ1) is 31.1. The van der Waals surface area contributed by atoms with E-state index in [1.807, 2.05) is 0 Å². The zero-order valence-electron chi connectivity index (χ0n) is 35.0. The van der Waals surface area contributed by atoms with Gasteiger partial charge in [-0.1, -0.05) is 206 Å². The van der Waals surface area contributed by atoms with Crippen LogP contribution in [0.2, 0.25) is 0 Å². The molecule has 1 heteroatoms. The summed E-state index contributed by atoms with van der Waals surface area (Å²) in [7, 11) is 0. The molecule has 0 aliphatic heterocycles. The summed E-state index contributed by atoms with van der Waals surface area (Å²) in [5.74, 6) is 0. The molecule has 0 saturated heterocycles. The van der Waals surface area contributed by atoms with Crippen LogP contribution < -0.4 is 4.90 Å². The predicted octanol–water partition coefficient (Wildman–Crippen LogP) is 17.0. The van der Waals surface area contributed by atoms with E-state index in [-0.39, 0.29) is 5.41 Å². The Morgan fingerprint density at radius 3 is 1.59 bits per heavy atom. The van der Waals surface area contributed by atoms with Gasteiger partial charge in [0.2, 0.25) is 0 Å². The van der Waals surface area contributed by atoms with Crippen LogP contribution >= 0.6 is 0 Å². The molecule has 0 saturated carbocycles. The van der Waals surface area contributed by atoms with Crippen molar-refractivity contribution in [3.8, 4) is 44.5 Å². The van der Waals surface area contributed by atoms with Crippen LogP contribution in [0.25, 0.3) is 76.8 Å². The maximum Gasteiger partial charge on any atom is 0.0468 e. The summed E-state index contributed by atoms with van der Waals surface area (Å²) in [6, 6.07) is 89.4. The molecule has 0 radical (unpaired) electrons. The molecule has 1 aliphatic rings. The summed E-state index contributed by atoms with van der Waals surface area (Å²) in [6.07, 6.45) is 0. The molecule has 0 fully saturated rings. The Morgan fingerprint density at radius 1 is 0.302 bits per heavy atom. The van der Waals surface area contributed by atoms with Crippen molar-refractivity contribution in [3.05, 3.63) is 259 Å². The van der Waals surface area contributed by atoms with Gasteiger partial charge in [-0.05, 0) is 137 Å². The number of fused-ring (bicyclic) bond motifs is 7. The average Bonchev–Trinajstić information content (AvgIpc) is 3.62. The molecule has 1 aliphatic carbocycles. The van der Waals surface area contributed by atoms with Crippen LogP contribution in [0, 0.1) is 0 Å². The summed E-state index contributed by atoms with van der Waals surface area (Å²) >= 11 is 0. The van der Waals surface area contributed by atoms with Gasteiger partial charge >= 0.3 is 0 Å². The lowest BCUT2D eigenvalue weighted by Gasteiger charge is -2.30. The molecule has 0 amide bonds. The molecular formula is C62H43N. The SMILES string of the molecule is CC1(c2ccccc2)c2ccccc2-c2cc(N(c3cccc(-c4cccc5ccccc45)c3)c3ccc4c(c3)c(-c3ccccc3)c(-c3ccccc3)c3ccccc34)ccc21. The lowest BCUT2D eigenvalue weighted by Crippen LogP contribution is -2.22. The topological polar surface area (TPSA) is 3.24 Å². The molecule has 0 spiro atoms. The molecule has 296 valence electrons. The number of anilines is 3. The highest BCUT2D eigenvalue weighted by Crippen LogP contribution is 2.54. The standard InChI is InChI=1S/C62H43N/c1-62(46-26-9-4-10-27-46)58-34-16-15-31-54(58)56-40-49(36-38-59(56)62)63(47-28-17-25-45(39-47)51-33-18-24-42-19-11-12-29-50(42)51)48-35-37-53-52-30-13-14-32-55(52)60(43-20-5-2-6-21-43)61(57(53)41-48)44-22-7-3-8-23-44/h2-41H,1H3.